The number of fused-ring (bicyclic) bond motifs is 1. The molecular weight excluding hydrogens is 262 g/mol. The number of benzene rings is 1. The van der Waals surface area contributed by atoms with Crippen molar-refractivity contribution in [1.29, 1.82) is 0 Å². The number of hydrogen-bond donors (Lipinski definition) is 1. The molecule has 4 nitrogen and oxygen atoms in total. The Bertz CT molecular complexity index is 599. The largest absolute Gasteiger partial charge is 0.335 e. The molecule has 2 rings (SSSR count). The molecule has 1 N–H and O–H groups in total. The second kappa shape index (κ2) is 6.74. The molecule has 0 bridgehead atoms. The summed E-state index contributed by atoms with van der Waals surface area (Å²) in [5, 5.41) is 7.98. The van der Waals surface area contributed by atoms with E-state index < -0.39 is 0 Å². The molecule has 0 saturated heterocycles. The maximum Gasteiger partial charge on any atom is 0.254 e. The highest BCUT2D eigenvalue weighted by atomic mass is 16.2. The SMILES string of the molecule is CCC(CC)N(CC(C)C)C(=O)c1ccc2cn[nH]c2c1. The van der Waals surface area contributed by atoms with Gasteiger partial charge in [0, 0.05) is 23.5 Å². The minimum absolute atomic E-state index is 0.119. The zero-order valence-electron chi connectivity index (χ0n) is 13.4. The summed E-state index contributed by atoms with van der Waals surface area (Å²) in [6.45, 7) is 9.40. The van der Waals surface area contributed by atoms with Crippen molar-refractivity contribution < 1.29 is 4.79 Å². The third-order valence-electron chi connectivity index (χ3n) is 3.89. The van der Waals surface area contributed by atoms with E-state index in [2.05, 4.69) is 37.9 Å². The number of carbonyl (C=O) groups is 1. The number of nitrogens with one attached hydrogen (secondary N) is 1. The van der Waals surface area contributed by atoms with Crippen molar-refractivity contribution in [3.63, 3.8) is 0 Å². The maximum atomic E-state index is 12.9. The molecule has 0 aliphatic rings. The molecule has 0 radical (unpaired) electrons. The number of amides is 1. The summed E-state index contributed by atoms with van der Waals surface area (Å²) in [4.78, 5) is 14.9. The van der Waals surface area contributed by atoms with Crippen LogP contribution in [0.5, 0.6) is 0 Å². The van der Waals surface area contributed by atoms with Crippen molar-refractivity contribution in [2.24, 2.45) is 5.92 Å². The highest BCUT2D eigenvalue weighted by molar-refractivity contribution is 5.97. The average molecular weight is 287 g/mol. The number of nitrogens with zero attached hydrogens (tertiary/aromatic N) is 2. The van der Waals surface area contributed by atoms with Gasteiger partial charge in [0.25, 0.3) is 5.91 Å². The van der Waals surface area contributed by atoms with Crippen LogP contribution < -0.4 is 0 Å². The lowest BCUT2D eigenvalue weighted by atomic mass is 10.0. The maximum absolute atomic E-state index is 12.9. The summed E-state index contributed by atoms with van der Waals surface area (Å²) in [6.07, 6.45) is 3.75. The fourth-order valence-electron chi connectivity index (χ4n) is 2.76. The van der Waals surface area contributed by atoms with Crippen molar-refractivity contribution in [2.45, 2.75) is 46.6 Å². The van der Waals surface area contributed by atoms with Gasteiger partial charge in [0.2, 0.25) is 0 Å². The third-order valence-corrected chi connectivity index (χ3v) is 3.89. The lowest BCUT2D eigenvalue weighted by molar-refractivity contribution is 0.0640. The second-order valence-electron chi connectivity index (χ2n) is 5.99. The summed E-state index contributed by atoms with van der Waals surface area (Å²) >= 11 is 0. The smallest absolute Gasteiger partial charge is 0.254 e. The summed E-state index contributed by atoms with van der Waals surface area (Å²) in [5.74, 6) is 0.583. The van der Waals surface area contributed by atoms with Crippen molar-refractivity contribution in [1.82, 2.24) is 15.1 Å². The first-order chi connectivity index (χ1) is 10.1. The molecule has 0 unspecified atom stereocenters. The van der Waals surface area contributed by atoms with E-state index in [9.17, 15) is 4.79 Å². The van der Waals surface area contributed by atoms with Crippen LogP contribution in [-0.4, -0.2) is 33.6 Å². The Hall–Kier alpha value is -1.84. The Morgan fingerprint density at radius 1 is 1.29 bits per heavy atom. The van der Waals surface area contributed by atoms with Crippen LogP contribution in [0.1, 0.15) is 50.9 Å². The molecule has 1 heterocycles. The fourth-order valence-corrected chi connectivity index (χ4v) is 2.76. The molecule has 1 amide bonds. The van der Waals surface area contributed by atoms with E-state index in [1.54, 1.807) is 6.20 Å². The van der Waals surface area contributed by atoms with E-state index in [1.165, 1.54) is 0 Å². The van der Waals surface area contributed by atoms with Gasteiger partial charge in [-0.1, -0.05) is 33.8 Å². The van der Waals surface area contributed by atoms with Crippen LogP contribution in [0.4, 0.5) is 0 Å². The first kappa shape index (κ1) is 15.5. The number of hydrogen-bond acceptors (Lipinski definition) is 2. The van der Waals surface area contributed by atoms with Crippen molar-refractivity contribution in [3.8, 4) is 0 Å². The van der Waals surface area contributed by atoms with E-state index in [0.717, 1.165) is 35.9 Å². The molecule has 1 aromatic carbocycles. The van der Waals surface area contributed by atoms with Crippen LogP contribution in [0.25, 0.3) is 10.9 Å². The van der Waals surface area contributed by atoms with E-state index in [1.807, 2.05) is 23.1 Å². The fraction of sp³-hybridized carbons (Fsp3) is 0.529. The number of H-pyrrole nitrogens is 1. The summed E-state index contributed by atoms with van der Waals surface area (Å²) in [6, 6.07) is 6.06. The molecule has 0 atom stereocenters. The van der Waals surface area contributed by atoms with Crippen molar-refractivity contribution in [2.75, 3.05) is 6.54 Å². The lowest BCUT2D eigenvalue weighted by Crippen LogP contribution is -2.42. The minimum atomic E-state index is 0.119. The Morgan fingerprint density at radius 2 is 2.00 bits per heavy atom. The Balaban J connectivity index is 2.31. The molecule has 4 heteroatoms. The van der Waals surface area contributed by atoms with Gasteiger partial charge in [-0.15, -0.1) is 0 Å². The van der Waals surface area contributed by atoms with Gasteiger partial charge in [0.05, 0.1) is 11.7 Å². The lowest BCUT2D eigenvalue weighted by Gasteiger charge is -2.32. The third kappa shape index (κ3) is 3.43. The van der Waals surface area contributed by atoms with Crippen LogP contribution in [0, 0.1) is 5.92 Å². The van der Waals surface area contributed by atoms with Gasteiger partial charge in [-0.05, 0) is 30.9 Å². The van der Waals surface area contributed by atoms with Gasteiger partial charge in [-0.2, -0.15) is 5.10 Å². The molecule has 0 aliphatic carbocycles. The molecule has 0 fully saturated rings. The van der Waals surface area contributed by atoms with Gasteiger partial charge < -0.3 is 4.90 Å². The molecule has 2 aromatic rings. The topological polar surface area (TPSA) is 49.0 Å². The molecule has 0 saturated carbocycles. The van der Waals surface area contributed by atoms with Gasteiger partial charge in [0.15, 0.2) is 0 Å². The van der Waals surface area contributed by atoms with Crippen LogP contribution in [0.2, 0.25) is 0 Å². The van der Waals surface area contributed by atoms with Gasteiger partial charge in [-0.3, -0.25) is 9.89 Å². The van der Waals surface area contributed by atoms with Gasteiger partial charge in [0.1, 0.15) is 0 Å². The number of aromatic amines is 1. The summed E-state index contributed by atoms with van der Waals surface area (Å²) in [5.41, 5.74) is 1.65. The van der Waals surface area contributed by atoms with Crippen LogP contribution in [0.15, 0.2) is 24.4 Å². The van der Waals surface area contributed by atoms with E-state index in [4.69, 9.17) is 0 Å². The minimum Gasteiger partial charge on any atom is -0.335 e. The average Bonchev–Trinajstić information content (AvgIpc) is 2.93. The van der Waals surface area contributed by atoms with E-state index in [0.29, 0.717) is 12.0 Å². The molecule has 114 valence electrons. The Labute approximate surface area is 126 Å². The molecule has 1 aromatic heterocycles. The quantitative estimate of drug-likeness (QED) is 0.877. The number of carbonyl (C=O) groups excluding carboxylic acids is 1. The zero-order valence-corrected chi connectivity index (χ0v) is 13.4. The normalized spacial score (nSPS) is 11.5. The first-order valence-electron chi connectivity index (χ1n) is 7.80. The predicted molar refractivity (Wildman–Crippen MR) is 86.3 cm³/mol. The highest BCUT2D eigenvalue weighted by Crippen LogP contribution is 2.19. The zero-order chi connectivity index (χ0) is 15.4. The predicted octanol–water partition coefficient (Wildman–Crippen LogP) is 3.85. The van der Waals surface area contributed by atoms with Crippen LogP contribution >= 0.6 is 0 Å². The molecule has 21 heavy (non-hydrogen) atoms. The molecule has 0 aliphatic heterocycles. The van der Waals surface area contributed by atoms with E-state index in [-0.39, 0.29) is 5.91 Å². The summed E-state index contributed by atoms with van der Waals surface area (Å²) in [7, 11) is 0. The summed E-state index contributed by atoms with van der Waals surface area (Å²) < 4.78 is 0. The molecular formula is C17H25N3O. The first-order valence-corrected chi connectivity index (χ1v) is 7.80. The van der Waals surface area contributed by atoms with Crippen molar-refractivity contribution >= 4 is 16.8 Å². The monoisotopic (exact) mass is 287 g/mol. The Kier molecular flexibility index (Phi) is 4.99. The number of aromatic nitrogens is 2. The van der Waals surface area contributed by atoms with Crippen molar-refractivity contribution in [3.05, 3.63) is 30.0 Å². The van der Waals surface area contributed by atoms with Crippen LogP contribution in [-0.2, 0) is 0 Å². The van der Waals surface area contributed by atoms with E-state index >= 15 is 0 Å². The number of rotatable bonds is 6. The van der Waals surface area contributed by atoms with Gasteiger partial charge >= 0.3 is 0 Å². The van der Waals surface area contributed by atoms with Gasteiger partial charge in [-0.25, -0.2) is 0 Å². The second-order valence-corrected chi connectivity index (χ2v) is 5.99. The molecule has 0 spiro atoms. The standard InChI is InChI=1S/C17H25N3O/c1-5-15(6-2)20(11-12(3)4)17(21)13-7-8-14-10-18-19-16(14)9-13/h7-10,12,15H,5-6,11H2,1-4H3,(H,18,19). The highest BCUT2D eigenvalue weighted by Gasteiger charge is 2.23. The Morgan fingerprint density at radius 3 is 2.62 bits per heavy atom. The van der Waals surface area contributed by atoms with Crippen LogP contribution in [0.3, 0.4) is 0 Å².